The van der Waals surface area contributed by atoms with Gasteiger partial charge in [-0.15, -0.1) is 0 Å². The molecule has 0 radical (unpaired) electrons. The maximum absolute atomic E-state index is 13.1. The number of ether oxygens (including phenoxy) is 1. The van der Waals surface area contributed by atoms with Crippen molar-refractivity contribution in [3.05, 3.63) is 54.3 Å². The van der Waals surface area contributed by atoms with Crippen molar-refractivity contribution in [2.45, 2.75) is 0 Å². The summed E-state index contributed by atoms with van der Waals surface area (Å²) in [6, 6.07) is 14.7. The third-order valence-electron chi connectivity index (χ3n) is 5.97. The highest BCUT2D eigenvalue weighted by atomic mass is 19.1. The molecule has 2 aliphatic heterocycles. The summed E-state index contributed by atoms with van der Waals surface area (Å²) in [6.45, 7) is 7.00. The number of carbonyl (C=O) groups excluding carboxylic acids is 1. The van der Waals surface area contributed by atoms with Gasteiger partial charge in [0.15, 0.2) is 0 Å². The number of rotatable bonds is 5. The first-order chi connectivity index (χ1) is 14.6. The van der Waals surface area contributed by atoms with E-state index >= 15 is 0 Å². The summed E-state index contributed by atoms with van der Waals surface area (Å²) in [5.41, 5.74) is 2.18. The van der Waals surface area contributed by atoms with E-state index in [9.17, 15) is 9.18 Å². The Hall–Kier alpha value is -2.80. The molecule has 0 spiro atoms. The average molecular weight is 413 g/mol. The first-order valence-electron chi connectivity index (χ1n) is 10.5. The van der Waals surface area contributed by atoms with E-state index in [-0.39, 0.29) is 11.7 Å². The highest BCUT2D eigenvalue weighted by Gasteiger charge is 2.25. The predicted octanol–water partition coefficient (Wildman–Crippen LogP) is 2.31. The van der Waals surface area contributed by atoms with Gasteiger partial charge < -0.3 is 19.4 Å². The van der Waals surface area contributed by atoms with Gasteiger partial charge in [0.25, 0.3) is 0 Å². The second-order valence-corrected chi connectivity index (χ2v) is 7.81. The molecule has 0 aromatic heterocycles. The Morgan fingerprint density at radius 2 is 1.50 bits per heavy atom. The third-order valence-corrected chi connectivity index (χ3v) is 5.97. The molecule has 6 nitrogen and oxygen atoms in total. The molecular formula is C23H29FN4O2. The Labute approximate surface area is 177 Å². The summed E-state index contributed by atoms with van der Waals surface area (Å²) in [4.78, 5) is 21.5. The third kappa shape index (κ3) is 4.84. The molecule has 4 rings (SSSR count). The fourth-order valence-corrected chi connectivity index (χ4v) is 4.13. The van der Waals surface area contributed by atoms with Gasteiger partial charge >= 0.3 is 0 Å². The standard InChI is InChI=1S/C23H29FN4O2/c1-30-22-4-2-3-21(17-22)27-11-9-25(10-12-27)18-23(29)28-15-13-26(14-16-28)20-7-5-19(24)6-8-20/h2-8,17H,9-16,18H2,1H3. The minimum atomic E-state index is -0.223. The molecule has 0 atom stereocenters. The van der Waals surface area contributed by atoms with Crippen molar-refractivity contribution in [1.82, 2.24) is 9.80 Å². The first-order valence-corrected chi connectivity index (χ1v) is 10.5. The van der Waals surface area contributed by atoms with Gasteiger partial charge in [-0.1, -0.05) is 6.07 Å². The summed E-state index contributed by atoms with van der Waals surface area (Å²) in [5.74, 6) is 0.840. The van der Waals surface area contributed by atoms with Gasteiger partial charge in [-0.05, 0) is 36.4 Å². The first kappa shape index (κ1) is 20.5. The number of nitrogens with zero attached hydrogens (tertiary/aromatic N) is 4. The molecule has 2 aromatic carbocycles. The Morgan fingerprint density at radius 1 is 0.867 bits per heavy atom. The van der Waals surface area contributed by atoms with Gasteiger partial charge in [0.1, 0.15) is 11.6 Å². The number of hydrogen-bond donors (Lipinski definition) is 0. The fourth-order valence-electron chi connectivity index (χ4n) is 4.13. The van der Waals surface area contributed by atoms with E-state index in [1.54, 1.807) is 19.2 Å². The lowest BCUT2D eigenvalue weighted by atomic mass is 10.2. The molecule has 0 bridgehead atoms. The topological polar surface area (TPSA) is 39.3 Å². The normalized spacial score (nSPS) is 17.9. The molecule has 2 fully saturated rings. The molecule has 160 valence electrons. The van der Waals surface area contributed by atoms with E-state index in [0.29, 0.717) is 19.6 Å². The zero-order chi connectivity index (χ0) is 20.9. The second-order valence-electron chi connectivity index (χ2n) is 7.81. The molecule has 30 heavy (non-hydrogen) atoms. The van der Waals surface area contributed by atoms with Gasteiger partial charge in [0.05, 0.1) is 13.7 Å². The lowest BCUT2D eigenvalue weighted by Gasteiger charge is -2.39. The summed E-state index contributed by atoms with van der Waals surface area (Å²) in [5, 5.41) is 0. The number of piperazine rings is 2. The largest absolute Gasteiger partial charge is 0.497 e. The van der Waals surface area contributed by atoms with Crippen molar-refractivity contribution in [3.63, 3.8) is 0 Å². The van der Waals surface area contributed by atoms with Crippen LogP contribution in [0.5, 0.6) is 5.75 Å². The van der Waals surface area contributed by atoms with Crippen molar-refractivity contribution in [2.75, 3.05) is 75.8 Å². The average Bonchev–Trinajstić information content (AvgIpc) is 2.80. The van der Waals surface area contributed by atoms with Gasteiger partial charge in [0.2, 0.25) is 5.91 Å². The Kier molecular flexibility index (Phi) is 6.38. The molecule has 0 N–H and O–H groups in total. The van der Waals surface area contributed by atoms with Crippen molar-refractivity contribution >= 4 is 17.3 Å². The van der Waals surface area contributed by atoms with Crippen LogP contribution in [0.3, 0.4) is 0 Å². The summed E-state index contributed by atoms with van der Waals surface area (Å²) in [7, 11) is 1.68. The van der Waals surface area contributed by atoms with E-state index in [1.807, 2.05) is 17.0 Å². The number of methoxy groups -OCH3 is 1. The van der Waals surface area contributed by atoms with Gasteiger partial charge in [0, 0.05) is 69.8 Å². The molecule has 2 saturated heterocycles. The SMILES string of the molecule is COc1cccc(N2CCN(CC(=O)N3CCN(c4ccc(F)cc4)CC3)CC2)c1. The Morgan fingerprint density at radius 3 is 2.17 bits per heavy atom. The van der Waals surface area contributed by atoms with Crippen LogP contribution >= 0.6 is 0 Å². The maximum atomic E-state index is 13.1. The van der Waals surface area contributed by atoms with Crippen molar-refractivity contribution in [2.24, 2.45) is 0 Å². The quantitative estimate of drug-likeness (QED) is 0.754. The van der Waals surface area contributed by atoms with Crippen LogP contribution in [-0.4, -0.2) is 81.7 Å². The maximum Gasteiger partial charge on any atom is 0.236 e. The molecule has 0 saturated carbocycles. The Balaban J connectivity index is 1.23. The van der Waals surface area contributed by atoms with Crippen LogP contribution in [0.25, 0.3) is 0 Å². The van der Waals surface area contributed by atoms with Crippen molar-refractivity contribution < 1.29 is 13.9 Å². The molecule has 7 heteroatoms. The highest BCUT2D eigenvalue weighted by molar-refractivity contribution is 5.78. The van der Waals surface area contributed by atoms with Crippen LogP contribution in [0.15, 0.2) is 48.5 Å². The number of amides is 1. The monoisotopic (exact) mass is 412 g/mol. The van der Waals surface area contributed by atoms with Crippen LogP contribution in [0, 0.1) is 5.82 Å². The van der Waals surface area contributed by atoms with Gasteiger partial charge in [-0.25, -0.2) is 4.39 Å². The van der Waals surface area contributed by atoms with E-state index < -0.39 is 0 Å². The molecule has 0 aliphatic carbocycles. The van der Waals surface area contributed by atoms with Crippen LogP contribution < -0.4 is 14.5 Å². The second kappa shape index (κ2) is 9.34. The van der Waals surface area contributed by atoms with Crippen LogP contribution in [0.1, 0.15) is 0 Å². The molecular weight excluding hydrogens is 383 g/mol. The lowest BCUT2D eigenvalue weighted by Crippen LogP contribution is -2.54. The molecule has 2 aliphatic rings. The number of halogens is 1. The lowest BCUT2D eigenvalue weighted by molar-refractivity contribution is -0.132. The van der Waals surface area contributed by atoms with Gasteiger partial charge in [-0.3, -0.25) is 9.69 Å². The van der Waals surface area contributed by atoms with E-state index in [2.05, 4.69) is 26.8 Å². The minimum absolute atomic E-state index is 0.198. The molecule has 2 aromatic rings. The number of anilines is 2. The molecule has 1 amide bonds. The minimum Gasteiger partial charge on any atom is -0.497 e. The molecule has 2 heterocycles. The smallest absolute Gasteiger partial charge is 0.236 e. The van der Waals surface area contributed by atoms with Gasteiger partial charge in [-0.2, -0.15) is 0 Å². The zero-order valence-electron chi connectivity index (χ0n) is 17.5. The highest BCUT2D eigenvalue weighted by Crippen LogP contribution is 2.22. The Bertz CT molecular complexity index is 845. The van der Waals surface area contributed by atoms with E-state index in [1.165, 1.54) is 12.1 Å². The molecule has 0 unspecified atom stereocenters. The number of hydrogen-bond acceptors (Lipinski definition) is 5. The number of carbonyl (C=O) groups is 1. The van der Waals surface area contributed by atoms with Crippen LogP contribution in [0.4, 0.5) is 15.8 Å². The van der Waals surface area contributed by atoms with Crippen LogP contribution in [0.2, 0.25) is 0 Å². The van der Waals surface area contributed by atoms with Crippen molar-refractivity contribution in [1.29, 1.82) is 0 Å². The summed E-state index contributed by atoms with van der Waals surface area (Å²) in [6.07, 6.45) is 0. The zero-order valence-corrected chi connectivity index (χ0v) is 17.5. The van der Waals surface area contributed by atoms with E-state index in [0.717, 1.165) is 56.4 Å². The van der Waals surface area contributed by atoms with E-state index in [4.69, 9.17) is 4.74 Å². The fraction of sp³-hybridized carbons (Fsp3) is 0.435. The predicted molar refractivity (Wildman–Crippen MR) is 117 cm³/mol. The number of benzene rings is 2. The van der Waals surface area contributed by atoms with Crippen molar-refractivity contribution in [3.8, 4) is 5.75 Å². The summed E-state index contributed by atoms with van der Waals surface area (Å²) >= 11 is 0. The summed E-state index contributed by atoms with van der Waals surface area (Å²) < 4.78 is 18.4. The van der Waals surface area contributed by atoms with Crippen LogP contribution in [-0.2, 0) is 4.79 Å².